The Hall–Kier alpha value is -1.32. The number of nitrogens with one attached hydrogen (secondary N) is 2. The third kappa shape index (κ3) is 1.32. The summed E-state index contributed by atoms with van der Waals surface area (Å²) in [6.45, 7) is 4.83. The number of hydrogen-bond donors (Lipinski definition) is 2. The Kier molecular flexibility index (Phi) is 1.83. The highest BCUT2D eigenvalue weighted by molar-refractivity contribution is 5.80. The molecule has 2 N–H and O–H groups in total. The topological polar surface area (TPSA) is 57.8 Å². The molecule has 1 aromatic heterocycles. The normalized spacial score (nSPS) is 15.8. The first kappa shape index (κ1) is 8.29. The van der Waals surface area contributed by atoms with Gasteiger partial charge in [0.25, 0.3) is 0 Å². The van der Waals surface area contributed by atoms with Gasteiger partial charge in [-0.2, -0.15) is 5.10 Å². The summed E-state index contributed by atoms with van der Waals surface area (Å²) in [5.41, 5.74) is 3.23. The lowest BCUT2D eigenvalue weighted by molar-refractivity contribution is -0.121. The highest BCUT2D eigenvalue weighted by Crippen LogP contribution is 2.22. The highest BCUT2D eigenvalue weighted by Gasteiger charge is 2.21. The molecule has 2 heterocycles. The smallest absolute Gasteiger partial charge is 0.226 e. The predicted molar refractivity (Wildman–Crippen MR) is 48.2 cm³/mol. The number of carbonyl (C=O) groups is 1. The molecule has 0 aromatic carbocycles. The first-order valence-electron chi connectivity index (χ1n) is 4.51. The number of amides is 1. The van der Waals surface area contributed by atoms with Crippen LogP contribution in [-0.2, 0) is 17.8 Å². The lowest BCUT2D eigenvalue weighted by Crippen LogP contribution is -2.30. The number of aromatic amines is 1. The summed E-state index contributed by atoms with van der Waals surface area (Å²) in [6.07, 6.45) is 0.440. The van der Waals surface area contributed by atoms with Crippen molar-refractivity contribution in [2.45, 2.75) is 32.7 Å². The van der Waals surface area contributed by atoms with Gasteiger partial charge in [-0.05, 0) is 5.92 Å². The van der Waals surface area contributed by atoms with Crippen molar-refractivity contribution in [2.75, 3.05) is 0 Å². The van der Waals surface area contributed by atoms with Crippen LogP contribution in [0.4, 0.5) is 0 Å². The number of fused-ring (bicyclic) bond motifs is 1. The van der Waals surface area contributed by atoms with Crippen LogP contribution in [0.25, 0.3) is 0 Å². The fourth-order valence-corrected chi connectivity index (χ4v) is 1.65. The fourth-order valence-electron chi connectivity index (χ4n) is 1.65. The third-order valence-electron chi connectivity index (χ3n) is 2.33. The lowest BCUT2D eigenvalue weighted by Gasteiger charge is -2.13. The molecule has 0 radical (unpaired) electrons. The Morgan fingerprint density at radius 3 is 2.92 bits per heavy atom. The molecule has 1 aliphatic heterocycles. The molecule has 0 atom stereocenters. The van der Waals surface area contributed by atoms with Crippen LogP contribution in [0, 0.1) is 0 Å². The van der Waals surface area contributed by atoms with E-state index < -0.39 is 0 Å². The second-order valence-electron chi connectivity index (χ2n) is 3.67. The molecule has 4 heteroatoms. The van der Waals surface area contributed by atoms with E-state index in [9.17, 15) is 4.79 Å². The molecule has 2 rings (SSSR count). The zero-order chi connectivity index (χ0) is 9.42. The van der Waals surface area contributed by atoms with E-state index in [0.29, 0.717) is 18.9 Å². The van der Waals surface area contributed by atoms with Crippen LogP contribution < -0.4 is 5.32 Å². The van der Waals surface area contributed by atoms with Gasteiger partial charge in [0.1, 0.15) is 0 Å². The fraction of sp³-hybridized carbons (Fsp3) is 0.556. The number of H-pyrrole nitrogens is 1. The molecule has 0 fully saturated rings. The summed E-state index contributed by atoms with van der Waals surface area (Å²) in [5.74, 6) is 0.487. The summed E-state index contributed by atoms with van der Waals surface area (Å²) in [6, 6.07) is 0. The highest BCUT2D eigenvalue weighted by atomic mass is 16.1. The van der Waals surface area contributed by atoms with E-state index in [-0.39, 0.29) is 5.91 Å². The maximum absolute atomic E-state index is 11.0. The van der Waals surface area contributed by atoms with Crippen LogP contribution in [0.3, 0.4) is 0 Å². The van der Waals surface area contributed by atoms with Gasteiger partial charge >= 0.3 is 0 Å². The molecule has 0 unspecified atom stereocenters. The Bertz CT molecular complexity index is 341. The average Bonchev–Trinajstić information content (AvgIpc) is 2.46. The lowest BCUT2D eigenvalue weighted by atomic mass is 10.0. The van der Waals surface area contributed by atoms with Gasteiger partial charge in [0, 0.05) is 17.8 Å². The monoisotopic (exact) mass is 179 g/mol. The first-order chi connectivity index (χ1) is 6.18. The minimum atomic E-state index is 0.0754. The van der Waals surface area contributed by atoms with Crippen molar-refractivity contribution in [3.63, 3.8) is 0 Å². The largest absolute Gasteiger partial charge is 0.352 e. The summed E-state index contributed by atoms with van der Waals surface area (Å²) in [5, 5.41) is 9.96. The molecule has 1 amide bonds. The molecule has 13 heavy (non-hydrogen) atoms. The Labute approximate surface area is 76.7 Å². The van der Waals surface area contributed by atoms with E-state index in [0.717, 1.165) is 11.4 Å². The maximum Gasteiger partial charge on any atom is 0.226 e. The first-order valence-corrected chi connectivity index (χ1v) is 4.51. The molecular weight excluding hydrogens is 166 g/mol. The van der Waals surface area contributed by atoms with E-state index in [4.69, 9.17) is 0 Å². The van der Waals surface area contributed by atoms with Crippen molar-refractivity contribution in [1.29, 1.82) is 0 Å². The minimum Gasteiger partial charge on any atom is -0.352 e. The van der Waals surface area contributed by atoms with E-state index >= 15 is 0 Å². The quantitative estimate of drug-likeness (QED) is 0.667. The number of nitrogens with zero attached hydrogens (tertiary/aromatic N) is 1. The van der Waals surface area contributed by atoms with Gasteiger partial charge in [0.2, 0.25) is 5.91 Å². The zero-order valence-corrected chi connectivity index (χ0v) is 7.85. The molecule has 1 aromatic rings. The molecule has 70 valence electrons. The molecule has 0 spiro atoms. The Morgan fingerprint density at radius 2 is 2.23 bits per heavy atom. The minimum absolute atomic E-state index is 0.0754. The summed E-state index contributed by atoms with van der Waals surface area (Å²) >= 11 is 0. The number of aromatic nitrogens is 2. The molecular formula is C9H13N3O. The third-order valence-corrected chi connectivity index (χ3v) is 2.33. The van der Waals surface area contributed by atoms with Crippen LogP contribution in [-0.4, -0.2) is 16.1 Å². The van der Waals surface area contributed by atoms with Crippen LogP contribution >= 0.6 is 0 Å². The van der Waals surface area contributed by atoms with Gasteiger partial charge in [0.05, 0.1) is 12.1 Å². The number of carbonyl (C=O) groups excluding carboxylic acids is 1. The van der Waals surface area contributed by atoms with Gasteiger partial charge < -0.3 is 5.32 Å². The van der Waals surface area contributed by atoms with Crippen molar-refractivity contribution >= 4 is 5.91 Å². The van der Waals surface area contributed by atoms with Crippen molar-refractivity contribution in [3.05, 3.63) is 17.0 Å². The maximum atomic E-state index is 11.0. The average molecular weight is 179 g/mol. The van der Waals surface area contributed by atoms with Crippen molar-refractivity contribution in [3.8, 4) is 0 Å². The molecule has 0 saturated carbocycles. The van der Waals surface area contributed by atoms with Gasteiger partial charge in [0.15, 0.2) is 0 Å². The van der Waals surface area contributed by atoms with Gasteiger partial charge in [-0.25, -0.2) is 0 Å². The molecule has 1 aliphatic rings. The zero-order valence-electron chi connectivity index (χ0n) is 7.85. The van der Waals surface area contributed by atoms with Crippen molar-refractivity contribution in [1.82, 2.24) is 15.5 Å². The standard InChI is InChI=1S/C9H13N3O/c1-5(2)9-6-4-10-8(13)3-7(6)11-12-9/h5H,3-4H2,1-2H3,(H,10,13)(H,11,12). The second-order valence-corrected chi connectivity index (χ2v) is 3.67. The molecule has 0 bridgehead atoms. The van der Waals surface area contributed by atoms with Gasteiger partial charge in [-0.3, -0.25) is 9.89 Å². The van der Waals surface area contributed by atoms with Crippen LogP contribution in [0.1, 0.15) is 36.7 Å². The summed E-state index contributed by atoms with van der Waals surface area (Å²) < 4.78 is 0. The van der Waals surface area contributed by atoms with E-state index in [1.165, 1.54) is 5.56 Å². The Balaban J connectivity index is 2.38. The van der Waals surface area contributed by atoms with Crippen molar-refractivity contribution in [2.24, 2.45) is 0 Å². The summed E-state index contributed by atoms with van der Waals surface area (Å²) in [7, 11) is 0. The molecule has 0 saturated heterocycles. The van der Waals surface area contributed by atoms with E-state index in [2.05, 4.69) is 29.4 Å². The van der Waals surface area contributed by atoms with Crippen LogP contribution in [0.15, 0.2) is 0 Å². The summed E-state index contributed by atoms with van der Waals surface area (Å²) in [4.78, 5) is 11.0. The van der Waals surface area contributed by atoms with Gasteiger partial charge in [-0.15, -0.1) is 0 Å². The van der Waals surface area contributed by atoms with Crippen molar-refractivity contribution < 1.29 is 4.79 Å². The molecule has 4 nitrogen and oxygen atoms in total. The Morgan fingerprint density at radius 1 is 1.46 bits per heavy atom. The molecule has 0 aliphatic carbocycles. The van der Waals surface area contributed by atoms with E-state index in [1.54, 1.807) is 0 Å². The second kappa shape index (κ2) is 2.87. The van der Waals surface area contributed by atoms with Crippen LogP contribution in [0.5, 0.6) is 0 Å². The van der Waals surface area contributed by atoms with Crippen LogP contribution in [0.2, 0.25) is 0 Å². The predicted octanol–water partition coefficient (Wildman–Crippen LogP) is 0.705. The van der Waals surface area contributed by atoms with Gasteiger partial charge in [-0.1, -0.05) is 13.8 Å². The number of rotatable bonds is 1. The SMILES string of the molecule is CC(C)c1n[nH]c2c1CNC(=O)C2. The van der Waals surface area contributed by atoms with E-state index in [1.807, 2.05) is 0 Å². The number of hydrogen-bond acceptors (Lipinski definition) is 2.